The summed E-state index contributed by atoms with van der Waals surface area (Å²) in [5.41, 5.74) is 1.40. The first-order valence-electron chi connectivity index (χ1n) is 10.9. The number of benzene rings is 1. The van der Waals surface area contributed by atoms with Gasteiger partial charge in [0.2, 0.25) is 0 Å². The number of likely N-dealkylation sites (tertiary alicyclic amines) is 1. The van der Waals surface area contributed by atoms with Gasteiger partial charge >= 0.3 is 0 Å². The summed E-state index contributed by atoms with van der Waals surface area (Å²) >= 11 is 0. The predicted molar refractivity (Wildman–Crippen MR) is 118 cm³/mol. The van der Waals surface area contributed by atoms with Crippen LogP contribution in [-0.4, -0.2) is 30.6 Å². The summed E-state index contributed by atoms with van der Waals surface area (Å²) < 4.78 is 5.91. The molecule has 1 heterocycles. The molecule has 1 saturated carbocycles. The van der Waals surface area contributed by atoms with Crippen molar-refractivity contribution in [1.29, 1.82) is 0 Å². The molecule has 0 amide bonds. The Hall–Kier alpha value is -0.990. The van der Waals surface area contributed by atoms with Gasteiger partial charge in [-0.1, -0.05) is 75.8 Å². The summed E-state index contributed by atoms with van der Waals surface area (Å²) in [6, 6.07) is 9.46. The number of hydrogen-bond donors (Lipinski definition) is 0. The highest BCUT2D eigenvalue weighted by Gasteiger charge is 2.27. The van der Waals surface area contributed by atoms with Crippen LogP contribution in [-0.2, 0) is 0 Å². The zero-order valence-electron chi connectivity index (χ0n) is 16.9. The molecule has 1 aliphatic carbocycles. The zero-order valence-corrected chi connectivity index (χ0v) is 17.7. The lowest BCUT2D eigenvalue weighted by Gasteiger charge is -2.38. The molecule has 1 saturated heterocycles. The Morgan fingerprint density at radius 2 is 1.48 bits per heavy atom. The summed E-state index contributed by atoms with van der Waals surface area (Å²) in [5, 5.41) is 0. The minimum Gasteiger partial charge on any atom is -0.489 e. The molecule has 3 rings (SSSR count). The average molecular weight is 392 g/mol. The van der Waals surface area contributed by atoms with Gasteiger partial charge in [-0.15, -0.1) is 12.4 Å². The molecule has 1 aromatic carbocycles. The van der Waals surface area contributed by atoms with Gasteiger partial charge in [0.25, 0.3) is 0 Å². The molecule has 2 aliphatic rings. The fourth-order valence-corrected chi connectivity index (χ4v) is 4.83. The van der Waals surface area contributed by atoms with Crippen molar-refractivity contribution in [2.45, 2.75) is 82.6 Å². The van der Waals surface area contributed by atoms with E-state index >= 15 is 0 Å². The standard InChI is InChI=1S/C24H37NO.ClH/c1-2-20-26-24-15-11-10-14-23(24)21-16-18-25(19-17-21)22-12-8-6-4-3-5-7-9-13-22;/h2,10-11,14-15,21-22H,1,3-9,12-13,16-20H2;1H. The molecule has 2 nitrogen and oxygen atoms in total. The quantitative estimate of drug-likeness (QED) is 0.515. The van der Waals surface area contributed by atoms with Crippen molar-refractivity contribution in [1.82, 2.24) is 4.90 Å². The maximum absolute atomic E-state index is 5.91. The Morgan fingerprint density at radius 3 is 2.11 bits per heavy atom. The molecule has 0 aromatic heterocycles. The van der Waals surface area contributed by atoms with Crippen molar-refractivity contribution < 1.29 is 4.74 Å². The van der Waals surface area contributed by atoms with Crippen LogP contribution in [0, 0.1) is 0 Å². The van der Waals surface area contributed by atoms with Crippen molar-refractivity contribution in [3.63, 3.8) is 0 Å². The minimum absolute atomic E-state index is 0. The number of hydrogen-bond acceptors (Lipinski definition) is 2. The maximum atomic E-state index is 5.91. The molecule has 3 heteroatoms. The normalized spacial score (nSPS) is 21.2. The van der Waals surface area contributed by atoms with E-state index in [1.165, 1.54) is 89.3 Å². The van der Waals surface area contributed by atoms with Crippen LogP contribution < -0.4 is 4.74 Å². The van der Waals surface area contributed by atoms with Crippen molar-refractivity contribution in [3.05, 3.63) is 42.5 Å². The van der Waals surface area contributed by atoms with Crippen LogP contribution in [0.15, 0.2) is 36.9 Å². The van der Waals surface area contributed by atoms with Crippen molar-refractivity contribution in [3.8, 4) is 5.75 Å². The van der Waals surface area contributed by atoms with Crippen LogP contribution in [0.2, 0.25) is 0 Å². The summed E-state index contributed by atoms with van der Waals surface area (Å²) in [7, 11) is 0. The van der Waals surface area contributed by atoms with E-state index < -0.39 is 0 Å². The SMILES string of the molecule is C=CCOc1ccccc1C1CCN(C2CCCCCCCCC2)CC1.Cl. The lowest BCUT2D eigenvalue weighted by atomic mass is 9.87. The van der Waals surface area contributed by atoms with Crippen LogP contribution in [0.1, 0.15) is 82.1 Å². The van der Waals surface area contributed by atoms with E-state index in [9.17, 15) is 0 Å². The second kappa shape index (κ2) is 12.5. The van der Waals surface area contributed by atoms with Crippen LogP contribution >= 0.6 is 12.4 Å². The lowest BCUT2D eigenvalue weighted by Crippen LogP contribution is -2.41. The van der Waals surface area contributed by atoms with Gasteiger partial charge in [-0.05, 0) is 56.3 Å². The van der Waals surface area contributed by atoms with Crippen LogP contribution in [0.25, 0.3) is 0 Å². The smallest absolute Gasteiger partial charge is 0.123 e. The van der Waals surface area contributed by atoms with Gasteiger partial charge in [-0.3, -0.25) is 0 Å². The first-order valence-corrected chi connectivity index (χ1v) is 10.9. The van der Waals surface area contributed by atoms with E-state index in [1.807, 2.05) is 6.08 Å². The molecule has 0 radical (unpaired) electrons. The summed E-state index contributed by atoms with van der Waals surface area (Å²) in [6.07, 6.45) is 17.3. The molecule has 27 heavy (non-hydrogen) atoms. The molecule has 0 N–H and O–H groups in total. The lowest BCUT2D eigenvalue weighted by molar-refractivity contribution is 0.131. The summed E-state index contributed by atoms with van der Waals surface area (Å²) in [4.78, 5) is 2.81. The van der Waals surface area contributed by atoms with Gasteiger partial charge in [0.1, 0.15) is 12.4 Å². The van der Waals surface area contributed by atoms with Gasteiger partial charge in [0.05, 0.1) is 0 Å². The van der Waals surface area contributed by atoms with E-state index in [2.05, 4.69) is 35.7 Å². The van der Waals surface area contributed by atoms with Crippen LogP contribution in [0.3, 0.4) is 0 Å². The fourth-order valence-electron chi connectivity index (χ4n) is 4.83. The number of piperidine rings is 1. The molecule has 1 aliphatic heterocycles. The highest BCUT2D eigenvalue weighted by atomic mass is 35.5. The maximum Gasteiger partial charge on any atom is 0.123 e. The topological polar surface area (TPSA) is 12.5 Å². The average Bonchev–Trinajstić information content (AvgIpc) is 2.71. The Morgan fingerprint density at radius 1 is 0.889 bits per heavy atom. The van der Waals surface area contributed by atoms with Gasteiger partial charge in [-0.2, -0.15) is 0 Å². The first kappa shape index (κ1) is 22.3. The predicted octanol–water partition coefficient (Wildman–Crippen LogP) is 6.75. The second-order valence-corrected chi connectivity index (χ2v) is 8.15. The first-order chi connectivity index (χ1) is 12.9. The molecular weight excluding hydrogens is 354 g/mol. The Labute approximate surface area is 172 Å². The van der Waals surface area contributed by atoms with Crippen LogP contribution in [0.4, 0.5) is 0 Å². The molecular formula is C24H38ClNO. The minimum atomic E-state index is 0. The molecule has 0 unspecified atom stereocenters. The third kappa shape index (κ3) is 6.84. The van der Waals surface area contributed by atoms with Gasteiger partial charge in [-0.25, -0.2) is 0 Å². The molecule has 1 aromatic rings. The van der Waals surface area contributed by atoms with E-state index in [0.29, 0.717) is 12.5 Å². The molecule has 2 fully saturated rings. The van der Waals surface area contributed by atoms with Gasteiger partial charge < -0.3 is 9.64 Å². The Bertz CT molecular complexity index is 529. The second-order valence-electron chi connectivity index (χ2n) is 8.15. The molecule has 152 valence electrons. The highest BCUT2D eigenvalue weighted by Crippen LogP contribution is 2.35. The third-order valence-corrected chi connectivity index (χ3v) is 6.34. The van der Waals surface area contributed by atoms with Gasteiger partial charge in [0, 0.05) is 6.04 Å². The van der Waals surface area contributed by atoms with E-state index in [1.54, 1.807) is 0 Å². The molecule has 0 bridgehead atoms. The number of nitrogens with zero attached hydrogens (tertiary/aromatic N) is 1. The molecule has 0 spiro atoms. The number of para-hydroxylation sites is 1. The molecule has 0 atom stereocenters. The highest BCUT2D eigenvalue weighted by molar-refractivity contribution is 5.85. The van der Waals surface area contributed by atoms with Crippen molar-refractivity contribution in [2.24, 2.45) is 0 Å². The summed E-state index contributed by atoms with van der Waals surface area (Å²) in [5.74, 6) is 1.70. The fraction of sp³-hybridized carbons (Fsp3) is 0.667. The van der Waals surface area contributed by atoms with E-state index in [4.69, 9.17) is 4.74 Å². The van der Waals surface area contributed by atoms with Crippen molar-refractivity contribution in [2.75, 3.05) is 19.7 Å². The van der Waals surface area contributed by atoms with Gasteiger partial charge in [0.15, 0.2) is 0 Å². The third-order valence-electron chi connectivity index (χ3n) is 6.34. The largest absolute Gasteiger partial charge is 0.489 e. The number of halogens is 1. The number of ether oxygens (including phenoxy) is 1. The van der Waals surface area contributed by atoms with Crippen molar-refractivity contribution >= 4 is 12.4 Å². The van der Waals surface area contributed by atoms with Crippen LogP contribution in [0.5, 0.6) is 5.75 Å². The Balaban J connectivity index is 0.00000261. The zero-order chi connectivity index (χ0) is 18.0. The van der Waals surface area contributed by atoms with E-state index in [0.717, 1.165) is 11.8 Å². The summed E-state index contributed by atoms with van der Waals surface area (Å²) in [6.45, 7) is 6.88. The number of rotatable bonds is 5. The monoisotopic (exact) mass is 391 g/mol. The van der Waals surface area contributed by atoms with E-state index in [-0.39, 0.29) is 12.4 Å². The Kier molecular flexibility index (Phi) is 10.3.